The van der Waals surface area contributed by atoms with E-state index < -0.39 is 0 Å². The molecule has 0 aliphatic rings. The Hall–Kier alpha value is -3.01. The first-order valence-corrected chi connectivity index (χ1v) is 9.75. The van der Waals surface area contributed by atoms with Gasteiger partial charge < -0.3 is 10.2 Å². The van der Waals surface area contributed by atoms with Gasteiger partial charge in [-0.3, -0.25) is 0 Å². The molecule has 4 rings (SSSR count). The van der Waals surface area contributed by atoms with Crippen molar-refractivity contribution in [2.75, 3.05) is 0 Å². The maximum Gasteiger partial charge on any atom is -0.171 e. The molecular weight excluding hydrogens is 408 g/mol. The maximum atomic E-state index is 8.76. The Morgan fingerprint density at radius 2 is 0.800 bits per heavy atom. The number of aromatic hydroxyl groups is 2. The van der Waals surface area contributed by atoms with Gasteiger partial charge in [0.25, 0.3) is 0 Å². The predicted octanol–water partition coefficient (Wildman–Crippen LogP) is 6.25. The SMILES string of the molecule is Cc1ccc(O)cc1.Cc1ccc(O)cc1.[O]=[Ti+2].[c-]1ccccc1.[c-]1ccccc1. The topological polar surface area (TPSA) is 57.5 Å². The molecule has 0 aromatic heterocycles. The molecular formula is C26H26O3Ti. The Balaban J connectivity index is 0.000000366. The summed E-state index contributed by atoms with van der Waals surface area (Å²) >= 11 is 0.750. The zero-order valence-corrected chi connectivity index (χ0v) is 18.8. The molecule has 4 heteroatoms. The Morgan fingerprint density at radius 1 is 0.533 bits per heavy atom. The van der Waals surface area contributed by atoms with Crippen molar-refractivity contribution in [2.45, 2.75) is 13.8 Å². The molecule has 0 atom stereocenters. The van der Waals surface area contributed by atoms with Crippen LogP contribution < -0.4 is 0 Å². The van der Waals surface area contributed by atoms with Crippen LogP contribution in [0.5, 0.6) is 11.5 Å². The molecule has 0 unspecified atom stereocenters. The molecule has 0 aliphatic heterocycles. The van der Waals surface area contributed by atoms with Crippen LogP contribution in [-0.4, -0.2) is 10.2 Å². The fraction of sp³-hybridized carbons (Fsp3) is 0.0769. The van der Waals surface area contributed by atoms with Gasteiger partial charge in [0.05, 0.1) is 0 Å². The maximum absolute atomic E-state index is 8.76. The number of aryl methyl sites for hydroxylation is 2. The van der Waals surface area contributed by atoms with Crippen LogP contribution in [-0.2, 0) is 23.7 Å². The van der Waals surface area contributed by atoms with Crippen molar-refractivity contribution in [2.24, 2.45) is 0 Å². The van der Waals surface area contributed by atoms with E-state index in [1.54, 1.807) is 24.3 Å². The molecule has 0 bridgehead atoms. The van der Waals surface area contributed by atoms with Gasteiger partial charge in [0.15, 0.2) is 0 Å². The summed E-state index contributed by atoms with van der Waals surface area (Å²) < 4.78 is 8.25. The van der Waals surface area contributed by atoms with Crippen molar-refractivity contribution >= 4 is 0 Å². The molecule has 30 heavy (non-hydrogen) atoms. The smallest absolute Gasteiger partial charge is 0.171 e. The van der Waals surface area contributed by atoms with Crippen molar-refractivity contribution in [3.8, 4) is 11.5 Å². The van der Waals surface area contributed by atoms with Gasteiger partial charge in [-0.05, 0) is 38.1 Å². The first-order chi connectivity index (χ1) is 14.6. The monoisotopic (exact) mass is 434 g/mol. The van der Waals surface area contributed by atoms with Gasteiger partial charge in [-0.25, -0.2) is 0 Å². The largest absolute Gasteiger partial charge is 0.184 e. The predicted molar refractivity (Wildman–Crippen MR) is 117 cm³/mol. The molecule has 0 heterocycles. The van der Waals surface area contributed by atoms with Gasteiger partial charge in [0.1, 0.15) is 11.5 Å². The van der Waals surface area contributed by atoms with E-state index >= 15 is 0 Å². The Morgan fingerprint density at radius 3 is 0.933 bits per heavy atom. The summed E-state index contributed by atoms with van der Waals surface area (Å²) in [7, 11) is 0. The van der Waals surface area contributed by atoms with Gasteiger partial charge in [0, 0.05) is 0 Å². The van der Waals surface area contributed by atoms with Crippen molar-refractivity contribution in [1.82, 2.24) is 0 Å². The molecule has 0 spiro atoms. The van der Waals surface area contributed by atoms with Crippen molar-refractivity contribution < 1.29 is 33.9 Å². The summed E-state index contributed by atoms with van der Waals surface area (Å²) in [5, 5.41) is 17.5. The van der Waals surface area contributed by atoms with Gasteiger partial charge in [0.2, 0.25) is 0 Å². The summed E-state index contributed by atoms with van der Waals surface area (Å²) in [6.45, 7) is 3.97. The van der Waals surface area contributed by atoms with Crippen molar-refractivity contribution in [3.05, 3.63) is 132 Å². The van der Waals surface area contributed by atoms with E-state index in [9.17, 15) is 0 Å². The average Bonchev–Trinajstić information content (AvgIpc) is 2.83. The third-order valence-corrected chi connectivity index (χ3v) is 3.28. The van der Waals surface area contributed by atoms with Crippen LogP contribution in [0.2, 0.25) is 0 Å². The first-order valence-electron chi connectivity index (χ1n) is 9.12. The Labute approximate surface area is 191 Å². The fourth-order valence-electron chi connectivity index (χ4n) is 1.77. The minimum Gasteiger partial charge on any atom is -0.184 e. The van der Waals surface area contributed by atoms with E-state index in [1.807, 2.05) is 98.8 Å². The van der Waals surface area contributed by atoms with E-state index in [4.69, 9.17) is 13.5 Å². The van der Waals surface area contributed by atoms with Gasteiger partial charge in [-0.1, -0.05) is 35.4 Å². The summed E-state index contributed by atoms with van der Waals surface area (Å²) in [6, 6.07) is 39.2. The van der Waals surface area contributed by atoms with Crippen molar-refractivity contribution in [1.29, 1.82) is 0 Å². The first kappa shape index (κ1) is 27.0. The molecule has 152 valence electrons. The van der Waals surface area contributed by atoms with Gasteiger partial charge >= 0.3 is 23.7 Å². The van der Waals surface area contributed by atoms with Gasteiger partial charge in [-0.2, -0.15) is 72.8 Å². The Kier molecular flexibility index (Phi) is 17.4. The van der Waals surface area contributed by atoms with Crippen LogP contribution in [0, 0.1) is 26.0 Å². The van der Waals surface area contributed by atoms with Crippen LogP contribution in [0.15, 0.2) is 109 Å². The quantitative estimate of drug-likeness (QED) is 0.254. The number of benzene rings is 4. The summed E-state index contributed by atoms with van der Waals surface area (Å²) in [4.78, 5) is 0. The molecule has 0 amide bonds. The summed E-state index contributed by atoms with van der Waals surface area (Å²) in [5.41, 5.74) is 2.34. The minimum atomic E-state index is 0.329. The molecule has 0 saturated carbocycles. The zero-order chi connectivity index (χ0) is 22.5. The molecule has 4 aromatic rings. The number of hydrogen-bond acceptors (Lipinski definition) is 3. The van der Waals surface area contributed by atoms with Crippen LogP contribution in [0.4, 0.5) is 0 Å². The molecule has 2 N–H and O–H groups in total. The second-order valence-electron chi connectivity index (χ2n) is 5.83. The fourth-order valence-corrected chi connectivity index (χ4v) is 1.77. The zero-order valence-electron chi connectivity index (χ0n) is 17.2. The molecule has 0 radical (unpaired) electrons. The van der Waals surface area contributed by atoms with Crippen molar-refractivity contribution in [3.63, 3.8) is 0 Å². The van der Waals surface area contributed by atoms with E-state index in [-0.39, 0.29) is 0 Å². The Bertz CT molecular complexity index is 680. The number of phenols is 2. The van der Waals surface area contributed by atoms with Gasteiger partial charge in [-0.15, -0.1) is 0 Å². The molecule has 0 saturated heterocycles. The number of phenolic OH excluding ortho intramolecular Hbond substituents is 2. The average molecular weight is 434 g/mol. The van der Waals surface area contributed by atoms with E-state index in [0.29, 0.717) is 11.5 Å². The van der Waals surface area contributed by atoms with E-state index in [0.717, 1.165) is 20.4 Å². The molecule has 3 nitrogen and oxygen atoms in total. The third kappa shape index (κ3) is 17.1. The van der Waals surface area contributed by atoms with Crippen LogP contribution in [0.3, 0.4) is 0 Å². The molecule has 0 aliphatic carbocycles. The second-order valence-corrected chi connectivity index (χ2v) is 5.83. The summed E-state index contributed by atoms with van der Waals surface area (Å²) in [6.07, 6.45) is 0. The van der Waals surface area contributed by atoms with Crippen LogP contribution in [0.25, 0.3) is 0 Å². The van der Waals surface area contributed by atoms with Crippen LogP contribution >= 0.6 is 0 Å². The second kappa shape index (κ2) is 19.3. The number of hydrogen-bond donors (Lipinski definition) is 2. The molecule has 4 aromatic carbocycles. The van der Waals surface area contributed by atoms with E-state index in [2.05, 4.69) is 12.1 Å². The van der Waals surface area contributed by atoms with Crippen LogP contribution in [0.1, 0.15) is 11.1 Å². The third-order valence-electron chi connectivity index (χ3n) is 3.28. The minimum absolute atomic E-state index is 0.329. The normalized spacial score (nSPS) is 8.27. The number of rotatable bonds is 0. The summed E-state index contributed by atoms with van der Waals surface area (Å²) in [5.74, 6) is 0.659. The standard InChI is InChI=1S/2C7H8O.2C6H5.O.Ti/c2*1-6-2-4-7(8)5-3-6;2*1-2-4-6-5-3-1;;/h2*2-5,8H,1H3;2*1-5H;;/q;;2*-1;;+2. The van der Waals surface area contributed by atoms with E-state index in [1.165, 1.54) is 11.1 Å². The molecule has 0 fully saturated rings.